The van der Waals surface area contributed by atoms with Crippen LogP contribution >= 0.6 is 0 Å². The molecule has 2 amide bonds. The maximum Gasteiger partial charge on any atom is 0.338 e. The van der Waals surface area contributed by atoms with Gasteiger partial charge in [0.1, 0.15) is 6.10 Å². The van der Waals surface area contributed by atoms with Gasteiger partial charge < -0.3 is 24.4 Å². The third-order valence-corrected chi connectivity index (χ3v) is 5.78. The van der Waals surface area contributed by atoms with Gasteiger partial charge in [0.15, 0.2) is 11.5 Å². The molecule has 1 aromatic rings. The van der Waals surface area contributed by atoms with Crippen LogP contribution in [0.5, 0.6) is 11.5 Å². The Labute approximate surface area is 164 Å². The highest BCUT2D eigenvalue weighted by atomic mass is 16.7. The lowest BCUT2D eigenvalue weighted by Gasteiger charge is -2.33. The summed E-state index contributed by atoms with van der Waals surface area (Å²) in [5.41, 5.74) is 1.83. The number of rotatable bonds is 3. The van der Waals surface area contributed by atoms with E-state index in [1.165, 1.54) is 17.7 Å². The van der Waals surface area contributed by atoms with Crippen LogP contribution in [0.1, 0.15) is 57.1 Å². The number of fused-ring (bicyclic) bond motifs is 1. The fourth-order valence-electron chi connectivity index (χ4n) is 4.02. The zero-order chi connectivity index (χ0) is 19.7. The van der Waals surface area contributed by atoms with Gasteiger partial charge in [-0.05, 0) is 50.3 Å². The lowest BCUT2D eigenvalue weighted by molar-refractivity contribution is -0.145. The van der Waals surface area contributed by atoms with Crippen molar-refractivity contribution in [2.24, 2.45) is 0 Å². The van der Waals surface area contributed by atoms with Crippen molar-refractivity contribution in [3.8, 4) is 11.5 Å². The first-order valence-electron chi connectivity index (χ1n) is 9.90. The van der Waals surface area contributed by atoms with E-state index >= 15 is 0 Å². The summed E-state index contributed by atoms with van der Waals surface area (Å²) in [6.07, 6.45) is 6.28. The first-order chi connectivity index (χ1) is 13.5. The smallest absolute Gasteiger partial charge is 0.338 e. The fraction of sp³-hybridized carbons (Fsp3) is 0.524. The van der Waals surface area contributed by atoms with Crippen molar-refractivity contribution in [1.82, 2.24) is 10.2 Å². The number of nitrogens with zero attached hydrogens (tertiary/aromatic N) is 1. The topological polar surface area (TPSA) is 77.1 Å². The highest BCUT2D eigenvalue weighted by molar-refractivity contribution is 5.95. The number of ether oxygens (including phenoxy) is 3. The Bertz CT molecular complexity index is 811. The van der Waals surface area contributed by atoms with Crippen LogP contribution in [-0.2, 0) is 9.53 Å². The van der Waals surface area contributed by atoms with E-state index in [0.717, 1.165) is 31.2 Å². The quantitative estimate of drug-likeness (QED) is 0.634. The summed E-state index contributed by atoms with van der Waals surface area (Å²) in [6, 6.07) is 4.61. The van der Waals surface area contributed by atoms with E-state index in [1.54, 1.807) is 20.0 Å². The molecular formula is C21H26N2O5. The van der Waals surface area contributed by atoms with Crippen molar-refractivity contribution in [3.63, 3.8) is 0 Å². The molecule has 7 heteroatoms. The molecule has 7 nitrogen and oxygen atoms in total. The van der Waals surface area contributed by atoms with Gasteiger partial charge in [0.25, 0.3) is 0 Å². The van der Waals surface area contributed by atoms with Crippen molar-refractivity contribution in [1.29, 1.82) is 0 Å². The van der Waals surface area contributed by atoms with Crippen LogP contribution in [0.3, 0.4) is 0 Å². The largest absolute Gasteiger partial charge is 0.459 e. The molecule has 1 aromatic carbocycles. The molecule has 1 saturated carbocycles. The Kier molecular flexibility index (Phi) is 5.15. The number of urea groups is 1. The number of esters is 1. The average Bonchev–Trinajstić information content (AvgIpc) is 3.01. The fourth-order valence-corrected chi connectivity index (χ4v) is 4.02. The van der Waals surface area contributed by atoms with Crippen LogP contribution in [0.2, 0.25) is 0 Å². The first kappa shape index (κ1) is 18.7. The van der Waals surface area contributed by atoms with Gasteiger partial charge in [0, 0.05) is 12.7 Å². The predicted octanol–water partition coefficient (Wildman–Crippen LogP) is 3.65. The van der Waals surface area contributed by atoms with Gasteiger partial charge >= 0.3 is 12.0 Å². The van der Waals surface area contributed by atoms with E-state index in [9.17, 15) is 9.59 Å². The zero-order valence-electron chi connectivity index (χ0n) is 16.3. The second-order valence-corrected chi connectivity index (χ2v) is 7.57. The minimum absolute atomic E-state index is 0.0596. The number of nitrogens with one attached hydrogen (secondary N) is 1. The Balaban J connectivity index is 1.64. The molecule has 0 bridgehead atoms. The van der Waals surface area contributed by atoms with Gasteiger partial charge in [-0.25, -0.2) is 9.59 Å². The van der Waals surface area contributed by atoms with Crippen molar-refractivity contribution in [3.05, 3.63) is 35.0 Å². The lowest BCUT2D eigenvalue weighted by Crippen LogP contribution is -2.46. The minimum atomic E-state index is -0.587. The van der Waals surface area contributed by atoms with Crippen molar-refractivity contribution < 1.29 is 23.8 Å². The van der Waals surface area contributed by atoms with Gasteiger partial charge in [-0.3, -0.25) is 0 Å². The van der Waals surface area contributed by atoms with Gasteiger partial charge in [-0.15, -0.1) is 0 Å². The molecule has 0 saturated heterocycles. The van der Waals surface area contributed by atoms with E-state index in [2.05, 4.69) is 5.32 Å². The molecule has 0 radical (unpaired) electrons. The van der Waals surface area contributed by atoms with Crippen LogP contribution in [0, 0.1) is 0 Å². The number of allylic oxidation sites excluding steroid dienone is 1. The summed E-state index contributed by atoms with van der Waals surface area (Å²) < 4.78 is 16.7. The molecule has 3 aliphatic rings. The number of amides is 2. The summed E-state index contributed by atoms with van der Waals surface area (Å²) in [4.78, 5) is 27.0. The van der Waals surface area contributed by atoms with Gasteiger partial charge in [-0.2, -0.15) is 0 Å². The van der Waals surface area contributed by atoms with E-state index in [1.807, 2.05) is 12.1 Å². The number of carbonyl (C=O) groups excluding carboxylic acids is 2. The normalized spacial score (nSPS) is 22.7. The van der Waals surface area contributed by atoms with Crippen LogP contribution in [0.4, 0.5) is 4.79 Å². The van der Waals surface area contributed by atoms with Gasteiger partial charge in [0.2, 0.25) is 6.79 Å². The monoisotopic (exact) mass is 386 g/mol. The number of benzene rings is 1. The predicted molar refractivity (Wildman–Crippen MR) is 102 cm³/mol. The van der Waals surface area contributed by atoms with Gasteiger partial charge in [0.05, 0.1) is 11.6 Å². The summed E-state index contributed by atoms with van der Waals surface area (Å²) >= 11 is 0. The third kappa shape index (κ3) is 3.53. The van der Waals surface area contributed by atoms with Gasteiger partial charge in [-0.1, -0.05) is 18.9 Å². The van der Waals surface area contributed by atoms with E-state index in [-0.39, 0.29) is 24.9 Å². The molecule has 1 atom stereocenters. The van der Waals surface area contributed by atoms with E-state index in [4.69, 9.17) is 14.2 Å². The summed E-state index contributed by atoms with van der Waals surface area (Å²) in [6.45, 7) is 1.95. The Morgan fingerprint density at radius 3 is 2.61 bits per heavy atom. The molecule has 1 unspecified atom stereocenters. The second-order valence-electron chi connectivity index (χ2n) is 7.57. The van der Waals surface area contributed by atoms with Crippen LogP contribution < -0.4 is 14.8 Å². The standard InChI is InChI=1S/C21H26N2O5/c1-13-18(20(24)28-15-7-5-3-4-6-8-15)19(22-21(25)23(13)2)14-9-10-16-17(11-14)27-12-26-16/h9-11,15,19H,3-8,12H2,1-2H3,(H,22,25). The molecule has 2 heterocycles. The first-order valence-corrected chi connectivity index (χ1v) is 9.90. The molecule has 1 fully saturated rings. The molecule has 150 valence electrons. The van der Waals surface area contributed by atoms with Crippen molar-refractivity contribution in [2.45, 2.75) is 57.6 Å². The van der Waals surface area contributed by atoms with E-state index < -0.39 is 6.04 Å². The Morgan fingerprint density at radius 2 is 1.86 bits per heavy atom. The van der Waals surface area contributed by atoms with E-state index in [0.29, 0.717) is 22.8 Å². The average molecular weight is 386 g/mol. The molecule has 1 aliphatic carbocycles. The molecule has 1 N–H and O–H groups in total. The third-order valence-electron chi connectivity index (χ3n) is 5.78. The molecular weight excluding hydrogens is 360 g/mol. The highest BCUT2D eigenvalue weighted by Crippen LogP contribution is 2.38. The highest BCUT2D eigenvalue weighted by Gasteiger charge is 2.36. The molecule has 0 aromatic heterocycles. The molecule has 2 aliphatic heterocycles. The van der Waals surface area contributed by atoms with Crippen LogP contribution in [0.25, 0.3) is 0 Å². The molecule has 4 rings (SSSR count). The summed E-state index contributed by atoms with van der Waals surface area (Å²) in [7, 11) is 1.65. The lowest BCUT2D eigenvalue weighted by atomic mass is 9.94. The van der Waals surface area contributed by atoms with Crippen LogP contribution in [-0.4, -0.2) is 36.8 Å². The second kappa shape index (κ2) is 7.73. The number of hydrogen-bond acceptors (Lipinski definition) is 5. The maximum absolute atomic E-state index is 13.1. The number of hydrogen-bond donors (Lipinski definition) is 1. The maximum atomic E-state index is 13.1. The Morgan fingerprint density at radius 1 is 1.14 bits per heavy atom. The SMILES string of the molecule is CC1=C(C(=O)OC2CCCCCC2)C(c2ccc3c(c2)OCO3)NC(=O)N1C. The number of carbonyl (C=O) groups is 2. The zero-order valence-corrected chi connectivity index (χ0v) is 16.3. The summed E-state index contributed by atoms with van der Waals surface area (Å²) in [5.74, 6) is 0.907. The molecule has 28 heavy (non-hydrogen) atoms. The van der Waals surface area contributed by atoms with Crippen molar-refractivity contribution >= 4 is 12.0 Å². The summed E-state index contributed by atoms with van der Waals surface area (Å²) in [5, 5.41) is 2.92. The molecule has 0 spiro atoms. The van der Waals surface area contributed by atoms with Crippen molar-refractivity contribution in [2.75, 3.05) is 13.8 Å². The van der Waals surface area contributed by atoms with Crippen LogP contribution in [0.15, 0.2) is 29.5 Å². The minimum Gasteiger partial charge on any atom is -0.459 e. The Hall–Kier alpha value is -2.70.